The topological polar surface area (TPSA) is 85.6 Å². The van der Waals surface area contributed by atoms with E-state index in [-0.39, 0.29) is 23.1 Å². The molecule has 0 aliphatic carbocycles. The van der Waals surface area contributed by atoms with Crippen molar-refractivity contribution in [2.45, 2.75) is 32.9 Å². The van der Waals surface area contributed by atoms with E-state index in [0.717, 1.165) is 28.7 Å². The summed E-state index contributed by atoms with van der Waals surface area (Å²) in [6.07, 6.45) is 1.60. The largest absolute Gasteiger partial charge is 0.497 e. The number of hydrogen-bond acceptors (Lipinski definition) is 5. The number of rotatable bonds is 6. The lowest BCUT2D eigenvalue weighted by atomic mass is 9.97. The molecule has 1 aliphatic rings. The van der Waals surface area contributed by atoms with Crippen molar-refractivity contribution in [1.29, 1.82) is 0 Å². The highest BCUT2D eigenvalue weighted by molar-refractivity contribution is 5.79. The number of carbonyl (C=O) groups excluding carboxylic acids is 1. The highest BCUT2D eigenvalue weighted by atomic mass is 16.5. The molecule has 1 atom stereocenters. The third kappa shape index (κ3) is 4.52. The average Bonchev–Trinajstić information content (AvgIpc) is 2.75. The molecule has 1 aromatic heterocycles. The normalized spacial score (nSPS) is 16.5. The van der Waals surface area contributed by atoms with Gasteiger partial charge >= 0.3 is 5.69 Å². The second-order valence-electron chi connectivity index (χ2n) is 7.28. The zero-order valence-electron chi connectivity index (χ0n) is 17.2. The van der Waals surface area contributed by atoms with E-state index < -0.39 is 0 Å². The molecule has 1 unspecified atom stereocenters. The van der Waals surface area contributed by atoms with Crippen molar-refractivity contribution < 1.29 is 9.53 Å². The van der Waals surface area contributed by atoms with Crippen molar-refractivity contribution >= 4 is 11.7 Å². The monoisotopic (exact) mass is 400 g/mol. The fourth-order valence-electron chi connectivity index (χ4n) is 3.73. The minimum Gasteiger partial charge on any atom is -0.497 e. The summed E-state index contributed by atoms with van der Waals surface area (Å²) < 4.78 is 7.90. The first-order chi connectivity index (χ1) is 13.9. The van der Waals surface area contributed by atoms with Gasteiger partial charge in [-0.05, 0) is 37.5 Å². The minimum atomic E-state index is -0.334. The summed E-state index contributed by atoms with van der Waals surface area (Å²) in [5.41, 5.74) is 0.302. The summed E-state index contributed by atoms with van der Waals surface area (Å²) >= 11 is 0. The smallest absolute Gasteiger partial charge is 0.332 e. The summed E-state index contributed by atoms with van der Waals surface area (Å²) in [6.45, 7) is 3.96. The molecule has 2 heterocycles. The summed E-state index contributed by atoms with van der Waals surface area (Å²) in [5, 5.41) is 3.00. The first-order valence-electron chi connectivity index (χ1n) is 9.91. The van der Waals surface area contributed by atoms with Gasteiger partial charge in [0.05, 0.1) is 13.0 Å². The van der Waals surface area contributed by atoms with Gasteiger partial charge in [-0.25, -0.2) is 4.79 Å². The van der Waals surface area contributed by atoms with Crippen molar-refractivity contribution in [3.63, 3.8) is 0 Å². The first kappa shape index (κ1) is 20.7. The van der Waals surface area contributed by atoms with Crippen LogP contribution < -0.4 is 26.2 Å². The van der Waals surface area contributed by atoms with Crippen LogP contribution in [0.25, 0.3) is 0 Å². The maximum atomic E-state index is 12.7. The number of anilines is 1. The number of hydrogen-bond donors (Lipinski definition) is 1. The van der Waals surface area contributed by atoms with Crippen LogP contribution in [0.1, 0.15) is 25.3 Å². The van der Waals surface area contributed by atoms with Crippen molar-refractivity contribution in [3.8, 4) is 5.75 Å². The molecule has 29 heavy (non-hydrogen) atoms. The van der Waals surface area contributed by atoms with Gasteiger partial charge in [0, 0.05) is 39.3 Å². The highest BCUT2D eigenvalue weighted by Gasteiger charge is 2.27. The molecule has 1 fully saturated rings. The molecule has 156 valence electrons. The van der Waals surface area contributed by atoms with Crippen LogP contribution in [-0.2, 0) is 24.9 Å². The van der Waals surface area contributed by atoms with Crippen LogP contribution in [0.2, 0.25) is 0 Å². The number of methoxy groups -OCH3 is 1. The summed E-state index contributed by atoms with van der Waals surface area (Å²) in [4.78, 5) is 39.3. The highest BCUT2D eigenvalue weighted by Crippen LogP contribution is 2.22. The Kier molecular flexibility index (Phi) is 6.41. The Labute approximate surface area is 169 Å². The van der Waals surface area contributed by atoms with Gasteiger partial charge < -0.3 is 15.0 Å². The fourth-order valence-corrected chi connectivity index (χ4v) is 3.73. The number of nitrogens with one attached hydrogen (secondary N) is 1. The number of nitrogens with zero attached hydrogens (tertiary/aromatic N) is 3. The lowest BCUT2D eigenvalue weighted by Gasteiger charge is -2.34. The van der Waals surface area contributed by atoms with Crippen molar-refractivity contribution in [2.24, 2.45) is 13.0 Å². The lowest BCUT2D eigenvalue weighted by Crippen LogP contribution is -2.47. The quantitative estimate of drug-likeness (QED) is 0.785. The Balaban J connectivity index is 1.71. The summed E-state index contributed by atoms with van der Waals surface area (Å²) in [7, 11) is 3.09. The third-order valence-corrected chi connectivity index (χ3v) is 5.41. The molecule has 0 spiro atoms. The van der Waals surface area contributed by atoms with Gasteiger partial charge in [0.15, 0.2) is 0 Å². The van der Waals surface area contributed by atoms with Crippen LogP contribution in [0, 0.1) is 5.92 Å². The van der Waals surface area contributed by atoms with Gasteiger partial charge in [0.2, 0.25) is 5.91 Å². The Morgan fingerprint density at radius 1 is 1.28 bits per heavy atom. The van der Waals surface area contributed by atoms with Crippen LogP contribution in [0.5, 0.6) is 5.75 Å². The van der Waals surface area contributed by atoms with Crippen LogP contribution in [0.3, 0.4) is 0 Å². The first-order valence-corrected chi connectivity index (χ1v) is 9.91. The van der Waals surface area contributed by atoms with Crippen LogP contribution in [-0.4, -0.2) is 35.2 Å². The van der Waals surface area contributed by atoms with Crippen molar-refractivity contribution in [3.05, 3.63) is 56.7 Å². The molecule has 2 aromatic rings. The molecular formula is C21H28N4O4. The Bertz CT molecular complexity index is 995. The zero-order valence-corrected chi connectivity index (χ0v) is 17.2. The molecule has 8 heteroatoms. The van der Waals surface area contributed by atoms with E-state index in [4.69, 9.17) is 4.74 Å². The van der Waals surface area contributed by atoms with E-state index in [2.05, 4.69) is 5.32 Å². The van der Waals surface area contributed by atoms with Gasteiger partial charge in [-0.15, -0.1) is 0 Å². The molecule has 1 aromatic carbocycles. The predicted octanol–water partition coefficient (Wildman–Crippen LogP) is 1.11. The molecule has 8 nitrogen and oxygen atoms in total. The molecule has 1 saturated heterocycles. The minimum absolute atomic E-state index is 0.0215. The molecule has 0 radical (unpaired) electrons. The number of piperidine rings is 1. The van der Waals surface area contributed by atoms with E-state index in [1.54, 1.807) is 11.7 Å². The van der Waals surface area contributed by atoms with E-state index in [1.807, 2.05) is 36.1 Å². The molecule has 1 aliphatic heterocycles. The number of benzene rings is 1. The number of aromatic nitrogens is 2. The molecule has 1 amide bonds. The molecule has 0 saturated carbocycles. The van der Waals surface area contributed by atoms with Crippen LogP contribution >= 0.6 is 0 Å². The van der Waals surface area contributed by atoms with Crippen molar-refractivity contribution in [2.75, 3.05) is 25.1 Å². The van der Waals surface area contributed by atoms with Gasteiger partial charge in [0.1, 0.15) is 11.6 Å². The predicted molar refractivity (Wildman–Crippen MR) is 111 cm³/mol. The Morgan fingerprint density at radius 3 is 2.79 bits per heavy atom. The van der Waals surface area contributed by atoms with Gasteiger partial charge in [0.25, 0.3) is 5.56 Å². The summed E-state index contributed by atoms with van der Waals surface area (Å²) in [6, 6.07) is 9.08. The molecule has 1 N–H and O–H groups in total. The Hall–Kier alpha value is -3.03. The molecule has 0 bridgehead atoms. The van der Waals surface area contributed by atoms with Crippen LogP contribution in [0.15, 0.2) is 39.9 Å². The van der Waals surface area contributed by atoms with E-state index in [0.29, 0.717) is 32.0 Å². The third-order valence-electron chi connectivity index (χ3n) is 5.41. The number of carbonyl (C=O) groups is 1. The number of ether oxygens (including phenoxy) is 1. The molecular weight excluding hydrogens is 372 g/mol. The van der Waals surface area contributed by atoms with Gasteiger partial charge in [-0.3, -0.25) is 18.7 Å². The fraction of sp³-hybridized carbons (Fsp3) is 0.476. The molecule has 3 rings (SSSR count). The second-order valence-corrected chi connectivity index (χ2v) is 7.28. The standard InChI is InChI=1S/C21H28N4O4/c1-4-25-18(12-19(26)23(2)21(25)28)24-10-6-8-16(14-24)20(27)22-13-15-7-5-9-17(11-15)29-3/h5,7,9,11-12,16H,4,6,8,10,13-14H2,1-3H3,(H,22,27). The Morgan fingerprint density at radius 2 is 2.07 bits per heavy atom. The van der Waals surface area contributed by atoms with Crippen LogP contribution in [0.4, 0.5) is 5.82 Å². The van der Waals surface area contributed by atoms with E-state index >= 15 is 0 Å². The summed E-state index contributed by atoms with van der Waals surface area (Å²) in [5.74, 6) is 1.13. The SMILES string of the molecule is CCn1c(N2CCCC(C(=O)NCc3cccc(OC)c3)C2)cc(=O)n(C)c1=O. The van der Waals surface area contributed by atoms with E-state index in [9.17, 15) is 14.4 Å². The van der Waals surface area contributed by atoms with Crippen molar-refractivity contribution in [1.82, 2.24) is 14.5 Å². The lowest BCUT2D eigenvalue weighted by molar-refractivity contribution is -0.125. The van der Waals surface area contributed by atoms with Gasteiger partial charge in [-0.2, -0.15) is 0 Å². The van der Waals surface area contributed by atoms with E-state index in [1.165, 1.54) is 13.1 Å². The second kappa shape index (κ2) is 8.98. The number of amides is 1. The van der Waals surface area contributed by atoms with Gasteiger partial charge in [-0.1, -0.05) is 12.1 Å². The maximum Gasteiger partial charge on any atom is 0.332 e. The average molecular weight is 400 g/mol. The maximum absolute atomic E-state index is 12.7. The zero-order chi connectivity index (χ0) is 21.0.